The van der Waals surface area contributed by atoms with E-state index >= 15 is 0 Å². The molecule has 4 rings (SSSR count). The zero-order valence-corrected chi connectivity index (χ0v) is 14.4. The van der Waals surface area contributed by atoms with Crippen LogP contribution in [0.3, 0.4) is 0 Å². The Morgan fingerprint density at radius 2 is 1.15 bits per heavy atom. The molecule has 0 saturated heterocycles. The average molecular weight is 348 g/mol. The first kappa shape index (κ1) is 16.2. The van der Waals surface area contributed by atoms with Gasteiger partial charge in [0.05, 0.1) is 21.8 Å². The van der Waals surface area contributed by atoms with Crippen molar-refractivity contribution in [2.24, 2.45) is 0 Å². The Morgan fingerprint density at radius 1 is 0.731 bits per heavy atom. The molecule has 0 fully saturated rings. The molecule has 6 nitrogen and oxygen atoms in total. The molecule has 0 unspecified atom stereocenters. The minimum Gasteiger partial charge on any atom is -0.408 e. The van der Waals surface area contributed by atoms with Crippen LogP contribution in [-0.4, -0.2) is 9.97 Å². The molecule has 26 heavy (non-hydrogen) atoms. The second kappa shape index (κ2) is 6.22. The Balaban J connectivity index is 1.65. The van der Waals surface area contributed by atoms with Crippen molar-refractivity contribution >= 4 is 21.8 Å². The molecule has 0 radical (unpaired) electrons. The van der Waals surface area contributed by atoms with Crippen LogP contribution < -0.4 is 11.3 Å². The van der Waals surface area contributed by atoms with Gasteiger partial charge in [-0.1, -0.05) is 23.3 Å². The maximum Gasteiger partial charge on any atom is 0.346 e. The van der Waals surface area contributed by atoms with E-state index in [4.69, 9.17) is 8.83 Å². The van der Waals surface area contributed by atoms with Crippen LogP contribution in [0.2, 0.25) is 0 Å². The third-order valence-corrected chi connectivity index (χ3v) is 4.21. The quantitative estimate of drug-likeness (QED) is 0.565. The maximum absolute atomic E-state index is 12.1. The highest BCUT2D eigenvalue weighted by Crippen LogP contribution is 2.14. The van der Waals surface area contributed by atoms with Gasteiger partial charge >= 0.3 is 11.3 Å². The van der Waals surface area contributed by atoms with Crippen molar-refractivity contribution < 1.29 is 8.83 Å². The van der Waals surface area contributed by atoms with E-state index in [2.05, 4.69) is 9.97 Å². The molecule has 2 aromatic carbocycles. The lowest BCUT2D eigenvalue weighted by atomic mass is 10.1. The van der Waals surface area contributed by atoms with Crippen LogP contribution in [0.5, 0.6) is 0 Å². The first-order valence-electron chi connectivity index (χ1n) is 8.30. The molecule has 0 aliphatic carbocycles. The Bertz CT molecular complexity index is 1160. The van der Waals surface area contributed by atoms with Crippen molar-refractivity contribution in [1.82, 2.24) is 9.97 Å². The van der Waals surface area contributed by atoms with Crippen molar-refractivity contribution in [3.63, 3.8) is 0 Å². The molecule has 0 saturated carbocycles. The normalized spacial score (nSPS) is 11.3. The van der Waals surface area contributed by atoms with Crippen molar-refractivity contribution in [2.45, 2.75) is 26.7 Å². The lowest BCUT2D eigenvalue weighted by molar-refractivity contribution is 0.410. The molecule has 4 aromatic rings. The lowest BCUT2D eigenvalue weighted by Crippen LogP contribution is -2.09. The number of nitrogens with zero attached hydrogens (tertiary/aromatic N) is 2. The molecule has 0 atom stereocenters. The van der Waals surface area contributed by atoms with Gasteiger partial charge in [-0.15, -0.1) is 0 Å². The van der Waals surface area contributed by atoms with E-state index in [1.807, 2.05) is 26.0 Å². The van der Waals surface area contributed by atoms with Gasteiger partial charge in [-0.3, -0.25) is 0 Å². The zero-order chi connectivity index (χ0) is 18.3. The van der Waals surface area contributed by atoms with Gasteiger partial charge in [0.1, 0.15) is 0 Å². The molecule has 130 valence electrons. The van der Waals surface area contributed by atoms with Crippen molar-refractivity contribution in [3.8, 4) is 0 Å². The molecule has 0 amide bonds. The summed E-state index contributed by atoms with van der Waals surface area (Å²) in [6.45, 7) is 3.81. The molecule has 0 aliphatic heterocycles. The first-order chi connectivity index (χ1) is 12.5. The van der Waals surface area contributed by atoms with E-state index in [0.29, 0.717) is 46.4 Å². The predicted molar refractivity (Wildman–Crippen MR) is 97.4 cm³/mol. The van der Waals surface area contributed by atoms with E-state index in [-0.39, 0.29) is 0 Å². The van der Waals surface area contributed by atoms with Crippen molar-refractivity contribution in [2.75, 3.05) is 0 Å². The standard InChI is InChI=1S/C20H16N2O4/c1-11-3-5-15-13(9-11)19(23)25-17(21-15)7-8-18-22-16-6-4-12(2)10-14(16)20(24)26-18/h3-6,9-10H,7-8H2,1-2H3. The fourth-order valence-electron chi connectivity index (χ4n) is 2.89. The Kier molecular flexibility index (Phi) is 3.88. The van der Waals surface area contributed by atoms with Crippen LogP contribution in [0.15, 0.2) is 54.8 Å². The molecule has 0 spiro atoms. The lowest BCUT2D eigenvalue weighted by Gasteiger charge is -2.03. The third-order valence-electron chi connectivity index (χ3n) is 4.21. The smallest absolute Gasteiger partial charge is 0.346 e. The highest BCUT2D eigenvalue weighted by Gasteiger charge is 2.10. The summed E-state index contributed by atoms with van der Waals surface area (Å²) >= 11 is 0. The van der Waals surface area contributed by atoms with E-state index < -0.39 is 11.3 Å². The highest BCUT2D eigenvalue weighted by atomic mass is 16.4. The SMILES string of the molecule is Cc1ccc2nc(CCc3nc4ccc(C)cc4c(=O)o3)oc(=O)c2c1. The molecule has 0 aliphatic rings. The van der Waals surface area contributed by atoms with E-state index in [9.17, 15) is 9.59 Å². The number of aryl methyl sites for hydroxylation is 4. The highest BCUT2D eigenvalue weighted by molar-refractivity contribution is 5.78. The Labute approximate surface area is 148 Å². The molecule has 2 heterocycles. The molecule has 0 bridgehead atoms. The van der Waals surface area contributed by atoms with E-state index in [1.54, 1.807) is 24.3 Å². The number of benzene rings is 2. The van der Waals surface area contributed by atoms with Crippen LogP contribution in [0.1, 0.15) is 22.9 Å². The largest absolute Gasteiger partial charge is 0.408 e. The van der Waals surface area contributed by atoms with Gasteiger partial charge in [0.15, 0.2) is 11.8 Å². The van der Waals surface area contributed by atoms with Crippen LogP contribution in [-0.2, 0) is 12.8 Å². The number of hydrogen-bond donors (Lipinski definition) is 0. The summed E-state index contributed by atoms with van der Waals surface area (Å²) in [4.78, 5) is 33.0. The molecular weight excluding hydrogens is 332 g/mol. The minimum atomic E-state index is -0.419. The summed E-state index contributed by atoms with van der Waals surface area (Å²) < 4.78 is 10.6. The van der Waals surface area contributed by atoms with Gasteiger partial charge in [-0.2, -0.15) is 0 Å². The van der Waals surface area contributed by atoms with Crippen LogP contribution in [0.4, 0.5) is 0 Å². The Hall–Kier alpha value is -3.28. The predicted octanol–water partition coefficient (Wildman–Crippen LogP) is 3.09. The van der Waals surface area contributed by atoms with Gasteiger partial charge in [0.2, 0.25) is 0 Å². The van der Waals surface area contributed by atoms with Gasteiger partial charge in [-0.25, -0.2) is 19.6 Å². The second-order valence-electron chi connectivity index (χ2n) is 6.33. The van der Waals surface area contributed by atoms with Gasteiger partial charge in [-0.05, 0) is 38.1 Å². The van der Waals surface area contributed by atoms with Crippen LogP contribution in [0.25, 0.3) is 21.8 Å². The van der Waals surface area contributed by atoms with Gasteiger partial charge in [0, 0.05) is 12.8 Å². The third kappa shape index (κ3) is 3.01. The van der Waals surface area contributed by atoms with Gasteiger partial charge in [0.25, 0.3) is 0 Å². The van der Waals surface area contributed by atoms with Gasteiger partial charge < -0.3 is 8.83 Å². The number of aromatic nitrogens is 2. The van der Waals surface area contributed by atoms with Crippen molar-refractivity contribution in [3.05, 3.63) is 80.1 Å². The molecule has 2 aromatic heterocycles. The van der Waals surface area contributed by atoms with Crippen LogP contribution in [0, 0.1) is 13.8 Å². The number of hydrogen-bond acceptors (Lipinski definition) is 6. The van der Waals surface area contributed by atoms with E-state index in [0.717, 1.165) is 11.1 Å². The monoisotopic (exact) mass is 348 g/mol. The van der Waals surface area contributed by atoms with Crippen molar-refractivity contribution in [1.29, 1.82) is 0 Å². The second-order valence-corrected chi connectivity index (χ2v) is 6.33. The minimum absolute atomic E-state index is 0.291. The molecular formula is C20H16N2O4. The molecule has 0 N–H and O–H groups in total. The topological polar surface area (TPSA) is 86.2 Å². The average Bonchev–Trinajstić information content (AvgIpc) is 2.61. The van der Waals surface area contributed by atoms with E-state index in [1.165, 1.54) is 0 Å². The summed E-state index contributed by atoms with van der Waals surface area (Å²) in [5.74, 6) is 0.583. The number of rotatable bonds is 3. The fraction of sp³-hybridized carbons (Fsp3) is 0.200. The first-order valence-corrected chi connectivity index (χ1v) is 8.30. The summed E-state index contributed by atoms with van der Waals surface area (Å²) in [5, 5.41) is 0.916. The maximum atomic E-state index is 12.1. The summed E-state index contributed by atoms with van der Waals surface area (Å²) in [6, 6.07) is 10.9. The molecule has 6 heteroatoms. The summed E-state index contributed by atoms with van der Waals surface area (Å²) in [6.07, 6.45) is 0.624. The fourth-order valence-corrected chi connectivity index (χ4v) is 2.89. The van der Waals surface area contributed by atoms with Crippen LogP contribution >= 0.6 is 0 Å². The number of fused-ring (bicyclic) bond motifs is 2. The zero-order valence-electron chi connectivity index (χ0n) is 14.4. The summed E-state index contributed by atoms with van der Waals surface area (Å²) in [7, 11) is 0. The Morgan fingerprint density at radius 3 is 1.58 bits per heavy atom. The summed E-state index contributed by atoms with van der Waals surface area (Å²) in [5.41, 5.74) is 2.28.